The summed E-state index contributed by atoms with van der Waals surface area (Å²) in [5, 5.41) is 3.76. The Bertz CT molecular complexity index is 920. The Hall–Kier alpha value is -2.86. The van der Waals surface area contributed by atoms with Gasteiger partial charge in [-0.2, -0.15) is 0 Å². The van der Waals surface area contributed by atoms with Crippen LogP contribution in [0.1, 0.15) is 16.1 Å². The Morgan fingerprint density at radius 1 is 1.29 bits per heavy atom. The highest BCUT2D eigenvalue weighted by Crippen LogP contribution is 2.22. The molecule has 0 unspecified atom stereocenters. The van der Waals surface area contributed by atoms with Crippen molar-refractivity contribution in [3.05, 3.63) is 59.0 Å². The molecule has 0 bridgehead atoms. The van der Waals surface area contributed by atoms with Gasteiger partial charge in [-0.05, 0) is 23.8 Å². The number of esters is 1. The smallest absolute Gasteiger partial charge is 0.310 e. The number of carbonyl (C=O) groups is 2. The van der Waals surface area contributed by atoms with Crippen LogP contribution < -0.4 is 5.32 Å². The summed E-state index contributed by atoms with van der Waals surface area (Å²) in [6.45, 7) is 0. The second-order valence-electron chi connectivity index (χ2n) is 5.10. The summed E-state index contributed by atoms with van der Waals surface area (Å²) < 4.78 is 4.67. The van der Waals surface area contributed by atoms with Crippen LogP contribution in [0.25, 0.3) is 10.9 Å². The lowest BCUT2D eigenvalue weighted by molar-refractivity contribution is -0.139. The van der Waals surface area contributed by atoms with Crippen molar-refractivity contribution in [3.63, 3.8) is 0 Å². The first-order valence-electron chi connectivity index (χ1n) is 7.18. The number of H-pyrrole nitrogens is 1. The molecule has 0 saturated carbocycles. The molecule has 0 atom stereocenters. The number of hydrogen-bond acceptors (Lipinski definition) is 4. The molecule has 3 rings (SSSR count). The third-order valence-corrected chi connectivity index (χ3v) is 3.85. The molecule has 0 aliphatic carbocycles. The van der Waals surface area contributed by atoms with Crippen molar-refractivity contribution in [3.8, 4) is 0 Å². The molecule has 3 aromatic rings. The van der Waals surface area contributed by atoms with Crippen molar-refractivity contribution in [1.82, 2.24) is 9.97 Å². The van der Waals surface area contributed by atoms with Crippen LogP contribution in [0.2, 0.25) is 5.15 Å². The Morgan fingerprint density at radius 2 is 2.08 bits per heavy atom. The number of halogens is 1. The number of amides is 1. The summed E-state index contributed by atoms with van der Waals surface area (Å²) in [5.74, 6) is -0.795. The number of ether oxygens (including phenoxy) is 1. The van der Waals surface area contributed by atoms with E-state index in [-0.39, 0.29) is 23.2 Å². The van der Waals surface area contributed by atoms with Crippen molar-refractivity contribution >= 4 is 40.1 Å². The maximum Gasteiger partial charge on any atom is 0.310 e. The molecule has 2 aromatic heterocycles. The van der Waals surface area contributed by atoms with Crippen LogP contribution in [0.3, 0.4) is 0 Å². The monoisotopic (exact) mass is 343 g/mol. The first-order chi connectivity index (χ1) is 11.6. The summed E-state index contributed by atoms with van der Waals surface area (Å²) in [6.07, 6.45) is 1.79. The van der Waals surface area contributed by atoms with Gasteiger partial charge < -0.3 is 15.0 Å². The molecule has 0 aliphatic rings. The van der Waals surface area contributed by atoms with E-state index < -0.39 is 5.91 Å². The van der Waals surface area contributed by atoms with Crippen molar-refractivity contribution in [2.75, 3.05) is 12.4 Å². The third-order valence-electron chi connectivity index (χ3n) is 3.56. The van der Waals surface area contributed by atoms with Crippen molar-refractivity contribution in [1.29, 1.82) is 0 Å². The topological polar surface area (TPSA) is 84.1 Å². The minimum absolute atomic E-state index is 0.0663. The number of anilines is 1. The number of para-hydroxylation sites is 1. The van der Waals surface area contributed by atoms with Crippen LogP contribution in [0.4, 0.5) is 5.69 Å². The van der Waals surface area contributed by atoms with Crippen molar-refractivity contribution in [2.24, 2.45) is 0 Å². The quantitative estimate of drug-likeness (QED) is 0.563. The number of hydrogen-bond donors (Lipinski definition) is 2. The van der Waals surface area contributed by atoms with Gasteiger partial charge in [0.15, 0.2) is 0 Å². The Labute approximate surface area is 142 Å². The highest BCUT2D eigenvalue weighted by molar-refractivity contribution is 6.34. The zero-order valence-corrected chi connectivity index (χ0v) is 13.6. The normalized spacial score (nSPS) is 10.6. The molecule has 0 fully saturated rings. The molecule has 0 aliphatic heterocycles. The minimum atomic E-state index is -0.411. The molecule has 122 valence electrons. The maximum atomic E-state index is 12.5. The van der Waals surface area contributed by atoms with Crippen LogP contribution >= 0.6 is 11.6 Å². The molecule has 0 radical (unpaired) electrons. The van der Waals surface area contributed by atoms with E-state index in [1.165, 1.54) is 7.11 Å². The fourth-order valence-electron chi connectivity index (χ4n) is 2.34. The summed E-state index contributed by atoms with van der Waals surface area (Å²) in [6, 6.07) is 10.4. The number of fused-ring (bicyclic) bond motifs is 1. The number of carbonyl (C=O) groups excluding carboxylic acids is 2. The van der Waals surface area contributed by atoms with Crippen molar-refractivity contribution in [2.45, 2.75) is 6.42 Å². The highest BCUT2D eigenvalue weighted by atomic mass is 35.5. The summed E-state index contributed by atoms with van der Waals surface area (Å²) in [5.41, 5.74) is 2.09. The average molecular weight is 344 g/mol. The molecular formula is C17H14ClN3O3. The van der Waals surface area contributed by atoms with E-state index in [9.17, 15) is 9.59 Å². The second kappa shape index (κ2) is 6.72. The molecule has 1 aromatic carbocycles. The molecule has 0 spiro atoms. The largest absolute Gasteiger partial charge is 0.469 e. The highest BCUT2D eigenvalue weighted by Gasteiger charge is 2.15. The van der Waals surface area contributed by atoms with Gasteiger partial charge in [-0.1, -0.05) is 29.8 Å². The number of aromatic nitrogens is 2. The van der Waals surface area contributed by atoms with Gasteiger partial charge in [0.25, 0.3) is 5.91 Å². The summed E-state index contributed by atoms with van der Waals surface area (Å²) in [4.78, 5) is 31.1. The maximum absolute atomic E-state index is 12.5. The fourth-order valence-corrected chi connectivity index (χ4v) is 2.60. The number of aromatic amines is 1. The van der Waals surface area contributed by atoms with Gasteiger partial charge in [-0.25, -0.2) is 4.98 Å². The number of methoxy groups -OCH3 is 1. The number of rotatable bonds is 4. The Balaban J connectivity index is 1.87. The first-order valence-corrected chi connectivity index (χ1v) is 7.56. The number of benzene rings is 1. The minimum Gasteiger partial charge on any atom is -0.469 e. The summed E-state index contributed by atoms with van der Waals surface area (Å²) >= 11 is 6.10. The zero-order chi connectivity index (χ0) is 17.1. The molecular weight excluding hydrogens is 330 g/mol. The van der Waals surface area contributed by atoms with Gasteiger partial charge in [0, 0.05) is 17.3 Å². The lowest BCUT2D eigenvalue weighted by Crippen LogP contribution is -2.16. The van der Waals surface area contributed by atoms with E-state index in [1.54, 1.807) is 42.6 Å². The van der Waals surface area contributed by atoms with Gasteiger partial charge >= 0.3 is 5.97 Å². The van der Waals surface area contributed by atoms with Gasteiger partial charge in [0.1, 0.15) is 10.8 Å². The lowest BCUT2D eigenvalue weighted by atomic mass is 10.1. The van der Waals surface area contributed by atoms with Crippen LogP contribution in [-0.4, -0.2) is 29.0 Å². The molecule has 7 heteroatoms. The van der Waals surface area contributed by atoms with Gasteiger partial charge in [-0.3, -0.25) is 9.59 Å². The van der Waals surface area contributed by atoms with E-state index in [4.69, 9.17) is 11.6 Å². The van der Waals surface area contributed by atoms with E-state index in [1.807, 2.05) is 0 Å². The number of nitrogens with one attached hydrogen (secondary N) is 2. The van der Waals surface area contributed by atoms with Gasteiger partial charge in [0.05, 0.1) is 19.0 Å². The predicted octanol–water partition coefficient (Wildman–Crippen LogP) is 3.18. The average Bonchev–Trinajstić information content (AvgIpc) is 3.05. The fraction of sp³-hybridized carbons (Fsp3) is 0.118. The van der Waals surface area contributed by atoms with Crippen LogP contribution in [0.5, 0.6) is 0 Å². The van der Waals surface area contributed by atoms with Gasteiger partial charge in [0.2, 0.25) is 0 Å². The van der Waals surface area contributed by atoms with E-state index >= 15 is 0 Å². The summed E-state index contributed by atoms with van der Waals surface area (Å²) in [7, 11) is 1.32. The molecule has 6 nitrogen and oxygen atoms in total. The zero-order valence-electron chi connectivity index (χ0n) is 12.8. The predicted molar refractivity (Wildman–Crippen MR) is 91.2 cm³/mol. The standard InChI is InChI=1S/C17H14ClN3O3/c1-24-15(22)8-10-4-2-3-5-12(10)21-17(23)14-9-13-11(6-7-19-13)16(18)20-14/h2-7,9,19H,8H2,1H3,(H,21,23). The van der Waals surface area contributed by atoms with Crippen LogP contribution in [-0.2, 0) is 16.0 Å². The van der Waals surface area contributed by atoms with Crippen LogP contribution in [0, 0.1) is 0 Å². The molecule has 2 N–H and O–H groups in total. The first kappa shape index (κ1) is 16.0. The molecule has 2 heterocycles. The lowest BCUT2D eigenvalue weighted by Gasteiger charge is -2.10. The SMILES string of the molecule is COC(=O)Cc1ccccc1NC(=O)c1cc2[nH]ccc2c(Cl)n1. The van der Waals surface area contributed by atoms with E-state index in [2.05, 4.69) is 20.0 Å². The molecule has 1 amide bonds. The molecule has 24 heavy (non-hydrogen) atoms. The van der Waals surface area contributed by atoms with Crippen LogP contribution in [0.15, 0.2) is 42.6 Å². The Kier molecular flexibility index (Phi) is 4.48. The van der Waals surface area contributed by atoms with Crippen molar-refractivity contribution < 1.29 is 14.3 Å². The number of nitrogens with zero attached hydrogens (tertiary/aromatic N) is 1. The second-order valence-corrected chi connectivity index (χ2v) is 5.46. The molecule has 0 saturated heterocycles. The van der Waals surface area contributed by atoms with Gasteiger partial charge in [-0.15, -0.1) is 0 Å². The Morgan fingerprint density at radius 3 is 2.88 bits per heavy atom. The third kappa shape index (κ3) is 3.23. The van der Waals surface area contributed by atoms with E-state index in [0.29, 0.717) is 11.3 Å². The number of pyridine rings is 1. The van der Waals surface area contributed by atoms with E-state index in [0.717, 1.165) is 10.9 Å².